The number of hydrogen-bond donors (Lipinski definition) is 6. The van der Waals surface area contributed by atoms with Crippen molar-refractivity contribution in [2.75, 3.05) is 0 Å². The number of hydrogen-bond acceptors (Lipinski definition) is 6. The molecule has 0 bridgehead atoms. The maximum Gasteiger partial charge on any atom is 0.339 e. The summed E-state index contributed by atoms with van der Waals surface area (Å²) < 4.78 is 0. The van der Waals surface area contributed by atoms with E-state index in [0.717, 1.165) is 0 Å². The Balaban J connectivity index is 2.16. The number of aromatic carboxylic acids is 2. The minimum atomic E-state index is -1.28. The van der Waals surface area contributed by atoms with Gasteiger partial charge in [-0.25, -0.2) is 9.59 Å². The van der Waals surface area contributed by atoms with Gasteiger partial charge in [-0.1, -0.05) is 12.1 Å². The monoisotopic (exact) mass is 410 g/mol. The first-order valence-corrected chi connectivity index (χ1v) is 8.77. The van der Waals surface area contributed by atoms with Crippen molar-refractivity contribution in [3.05, 3.63) is 70.8 Å². The van der Waals surface area contributed by atoms with Gasteiger partial charge in [-0.15, -0.1) is 0 Å². The summed E-state index contributed by atoms with van der Waals surface area (Å²) in [6.45, 7) is -0.788. The summed E-state index contributed by atoms with van der Waals surface area (Å²) in [6.07, 6.45) is 0. The molecule has 0 heterocycles. The highest BCUT2D eigenvalue weighted by Gasteiger charge is 2.17. The van der Waals surface area contributed by atoms with E-state index in [1.807, 2.05) is 0 Å². The molecule has 0 aliphatic heterocycles. The fourth-order valence-corrected chi connectivity index (χ4v) is 3.25. The lowest BCUT2D eigenvalue weighted by molar-refractivity contribution is 0.0682. The highest BCUT2D eigenvalue weighted by molar-refractivity contribution is 5.93. The van der Waals surface area contributed by atoms with Gasteiger partial charge in [0.1, 0.15) is 22.6 Å². The van der Waals surface area contributed by atoms with Crippen molar-refractivity contribution < 1.29 is 40.2 Å². The lowest BCUT2D eigenvalue weighted by Crippen LogP contribution is -2.00. The van der Waals surface area contributed by atoms with Gasteiger partial charge in [-0.05, 0) is 69.8 Å². The van der Waals surface area contributed by atoms with Crippen LogP contribution >= 0.6 is 0 Å². The van der Waals surface area contributed by atoms with Crippen LogP contribution in [0.4, 0.5) is 0 Å². The second-order valence-electron chi connectivity index (χ2n) is 6.56. The SMILES string of the molecule is O=C(O)c1ccc(-c2cc(CO)c(-c3ccc(C(=O)O)c(O)c3)cc2CO)cc1O. The normalized spacial score (nSPS) is 10.7. The molecule has 0 aliphatic rings. The van der Waals surface area contributed by atoms with Gasteiger partial charge < -0.3 is 30.6 Å². The molecule has 0 aliphatic carbocycles. The molecule has 3 rings (SSSR count). The number of carbonyl (C=O) groups is 2. The third kappa shape index (κ3) is 3.82. The predicted molar refractivity (Wildman–Crippen MR) is 106 cm³/mol. The van der Waals surface area contributed by atoms with Crippen LogP contribution in [-0.4, -0.2) is 42.6 Å². The summed E-state index contributed by atoms with van der Waals surface area (Å²) in [4.78, 5) is 22.2. The summed E-state index contributed by atoms with van der Waals surface area (Å²) in [5.74, 6) is -3.43. The van der Waals surface area contributed by atoms with Gasteiger partial charge in [0.05, 0.1) is 13.2 Å². The molecule has 3 aromatic carbocycles. The van der Waals surface area contributed by atoms with E-state index in [1.54, 1.807) is 12.1 Å². The molecule has 8 nitrogen and oxygen atoms in total. The number of aliphatic hydroxyl groups is 2. The average Bonchev–Trinajstić information content (AvgIpc) is 2.71. The second-order valence-corrected chi connectivity index (χ2v) is 6.56. The highest BCUT2D eigenvalue weighted by Crippen LogP contribution is 2.36. The molecule has 6 N–H and O–H groups in total. The van der Waals surface area contributed by atoms with Crippen LogP contribution in [0.25, 0.3) is 22.3 Å². The molecular formula is C22H18O8. The smallest absolute Gasteiger partial charge is 0.339 e. The molecule has 0 atom stereocenters. The van der Waals surface area contributed by atoms with Crippen LogP contribution < -0.4 is 0 Å². The van der Waals surface area contributed by atoms with Gasteiger partial charge >= 0.3 is 11.9 Å². The molecule has 0 amide bonds. The zero-order valence-corrected chi connectivity index (χ0v) is 15.5. The first-order valence-electron chi connectivity index (χ1n) is 8.77. The molecule has 0 saturated heterocycles. The lowest BCUT2D eigenvalue weighted by Gasteiger charge is -2.16. The van der Waals surface area contributed by atoms with Crippen LogP contribution in [0, 0.1) is 0 Å². The maximum atomic E-state index is 11.1. The first-order chi connectivity index (χ1) is 14.3. The third-order valence-corrected chi connectivity index (χ3v) is 4.75. The van der Waals surface area contributed by atoms with Crippen molar-refractivity contribution in [3.63, 3.8) is 0 Å². The second kappa shape index (κ2) is 8.24. The Morgan fingerprint density at radius 1 is 0.633 bits per heavy atom. The van der Waals surface area contributed by atoms with Crippen molar-refractivity contribution in [1.82, 2.24) is 0 Å². The van der Waals surface area contributed by atoms with Gasteiger partial charge in [0.25, 0.3) is 0 Å². The molecule has 0 saturated carbocycles. The van der Waals surface area contributed by atoms with E-state index in [9.17, 15) is 30.0 Å². The zero-order valence-electron chi connectivity index (χ0n) is 15.5. The minimum Gasteiger partial charge on any atom is -0.507 e. The Kier molecular flexibility index (Phi) is 5.72. The first kappa shape index (κ1) is 20.8. The Labute approximate surface area is 170 Å². The quantitative estimate of drug-likeness (QED) is 0.362. The van der Waals surface area contributed by atoms with Crippen molar-refractivity contribution in [2.24, 2.45) is 0 Å². The molecule has 0 unspecified atom stereocenters. The zero-order chi connectivity index (χ0) is 22.0. The number of aromatic hydroxyl groups is 2. The summed E-state index contributed by atoms with van der Waals surface area (Å²) in [7, 11) is 0. The van der Waals surface area contributed by atoms with Crippen LogP contribution in [0.5, 0.6) is 11.5 Å². The molecule has 30 heavy (non-hydrogen) atoms. The number of phenols is 2. The molecule has 0 spiro atoms. The standard InChI is InChI=1S/C22H18O8/c23-9-13-6-18(12-2-4-16(22(29)30)20(26)8-12)14(10-24)5-17(13)11-1-3-15(21(27)28)19(25)7-11/h1-8,23-26H,9-10H2,(H,27,28)(H,29,30). The van der Waals surface area contributed by atoms with Gasteiger partial charge in [-0.2, -0.15) is 0 Å². The predicted octanol–water partition coefficient (Wildman–Crippen LogP) is 2.81. The van der Waals surface area contributed by atoms with E-state index < -0.39 is 36.7 Å². The number of rotatable bonds is 6. The molecule has 0 aromatic heterocycles. The summed E-state index contributed by atoms with van der Waals surface area (Å²) in [6, 6.07) is 11.1. The summed E-state index contributed by atoms with van der Waals surface area (Å²) in [5.41, 5.74) is 2.14. The molecule has 3 aromatic rings. The maximum absolute atomic E-state index is 11.1. The van der Waals surface area contributed by atoms with Crippen LogP contribution in [-0.2, 0) is 13.2 Å². The number of carboxylic acid groups (broad SMARTS) is 2. The fourth-order valence-electron chi connectivity index (χ4n) is 3.25. The molecule has 0 radical (unpaired) electrons. The third-order valence-electron chi connectivity index (χ3n) is 4.75. The number of benzene rings is 3. The van der Waals surface area contributed by atoms with Gasteiger partial charge in [0.2, 0.25) is 0 Å². The highest BCUT2D eigenvalue weighted by atomic mass is 16.4. The Morgan fingerprint density at radius 2 is 1.00 bits per heavy atom. The average molecular weight is 410 g/mol. The van der Waals surface area contributed by atoms with E-state index in [2.05, 4.69) is 0 Å². The molecule has 0 fully saturated rings. The fraction of sp³-hybridized carbons (Fsp3) is 0.0909. The molecule has 8 heteroatoms. The lowest BCUT2D eigenvalue weighted by atomic mass is 9.90. The van der Waals surface area contributed by atoms with Crippen LogP contribution in [0.15, 0.2) is 48.5 Å². The van der Waals surface area contributed by atoms with E-state index in [4.69, 9.17) is 10.2 Å². The Morgan fingerprint density at radius 3 is 1.27 bits per heavy atom. The Hall–Kier alpha value is -3.88. The van der Waals surface area contributed by atoms with Crippen molar-refractivity contribution in [3.8, 4) is 33.8 Å². The summed E-state index contributed by atoms with van der Waals surface area (Å²) >= 11 is 0. The topological polar surface area (TPSA) is 156 Å². The van der Waals surface area contributed by atoms with Gasteiger partial charge in [-0.3, -0.25) is 0 Å². The van der Waals surface area contributed by atoms with Crippen molar-refractivity contribution in [1.29, 1.82) is 0 Å². The van der Waals surface area contributed by atoms with Crippen LogP contribution in [0.2, 0.25) is 0 Å². The largest absolute Gasteiger partial charge is 0.507 e. The van der Waals surface area contributed by atoms with E-state index in [0.29, 0.717) is 33.4 Å². The van der Waals surface area contributed by atoms with Crippen molar-refractivity contribution in [2.45, 2.75) is 13.2 Å². The van der Waals surface area contributed by atoms with E-state index in [1.165, 1.54) is 36.4 Å². The molecular weight excluding hydrogens is 392 g/mol. The van der Waals surface area contributed by atoms with Crippen molar-refractivity contribution >= 4 is 11.9 Å². The number of carboxylic acids is 2. The van der Waals surface area contributed by atoms with E-state index >= 15 is 0 Å². The van der Waals surface area contributed by atoms with Crippen LogP contribution in [0.3, 0.4) is 0 Å². The number of aliphatic hydroxyl groups excluding tert-OH is 2. The minimum absolute atomic E-state index is 0.266. The summed E-state index contributed by atoms with van der Waals surface area (Å²) in [5, 5.41) is 57.8. The molecule has 154 valence electrons. The van der Waals surface area contributed by atoms with Gasteiger partial charge in [0, 0.05) is 0 Å². The van der Waals surface area contributed by atoms with Gasteiger partial charge in [0.15, 0.2) is 0 Å². The van der Waals surface area contributed by atoms with Crippen LogP contribution in [0.1, 0.15) is 31.8 Å². The Bertz CT molecular complexity index is 1060. The van der Waals surface area contributed by atoms with E-state index in [-0.39, 0.29) is 11.1 Å².